The van der Waals surface area contributed by atoms with Crippen LogP contribution in [-0.4, -0.2) is 51.3 Å². The number of halogens is 1. The van der Waals surface area contributed by atoms with Gasteiger partial charge in [-0.15, -0.1) is 0 Å². The highest BCUT2D eigenvalue weighted by Crippen LogP contribution is 2.27. The first-order chi connectivity index (χ1) is 13.4. The van der Waals surface area contributed by atoms with Crippen molar-refractivity contribution in [1.82, 2.24) is 10.2 Å². The quantitative estimate of drug-likeness (QED) is 0.655. The van der Waals surface area contributed by atoms with Crippen molar-refractivity contribution in [1.29, 1.82) is 0 Å². The van der Waals surface area contributed by atoms with Crippen LogP contribution in [-0.2, 0) is 11.3 Å². The molecule has 0 aromatic heterocycles. The van der Waals surface area contributed by atoms with Gasteiger partial charge in [-0.25, -0.2) is 0 Å². The number of hydrogen-bond donors (Lipinski definition) is 1. The SMILES string of the molecule is COc1ccc(CNC(=O)C(C)N(C)CCOc2ccc(Cl)cc2)cc1OC. The number of methoxy groups -OCH3 is 2. The predicted molar refractivity (Wildman–Crippen MR) is 110 cm³/mol. The van der Waals surface area contributed by atoms with Gasteiger partial charge in [0.1, 0.15) is 12.4 Å². The zero-order valence-electron chi connectivity index (χ0n) is 16.7. The summed E-state index contributed by atoms with van der Waals surface area (Å²) in [6.07, 6.45) is 0. The van der Waals surface area contributed by atoms with E-state index in [2.05, 4.69) is 5.32 Å². The summed E-state index contributed by atoms with van der Waals surface area (Å²) in [7, 11) is 5.07. The van der Waals surface area contributed by atoms with Crippen LogP contribution in [0.5, 0.6) is 17.2 Å². The largest absolute Gasteiger partial charge is 0.493 e. The van der Waals surface area contributed by atoms with Crippen LogP contribution < -0.4 is 19.5 Å². The minimum atomic E-state index is -0.283. The van der Waals surface area contributed by atoms with Crippen LogP contribution in [0.1, 0.15) is 12.5 Å². The van der Waals surface area contributed by atoms with E-state index in [-0.39, 0.29) is 11.9 Å². The van der Waals surface area contributed by atoms with Crippen molar-refractivity contribution in [3.05, 3.63) is 53.1 Å². The number of rotatable bonds is 10. The van der Waals surface area contributed by atoms with Gasteiger partial charge >= 0.3 is 0 Å². The molecule has 2 aromatic rings. The molecule has 6 nitrogen and oxygen atoms in total. The first-order valence-corrected chi connectivity index (χ1v) is 9.39. The Hall–Kier alpha value is -2.44. The summed E-state index contributed by atoms with van der Waals surface area (Å²) in [6, 6.07) is 12.5. The van der Waals surface area contributed by atoms with Crippen molar-refractivity contribution < 1.29 is 19.0 Å². The number of ether oxygens (including phenoxy) is 3. The van der Waals surface area contributed by atoms with Crippen molar-refractivity contribution in [2.45, 2.75) is 19.5 Å². The Bertz CT molecular complexity index is 768. The van der Waals surface area contributed by atoms with E-state index in [0.717, 1.165) is 11.3 Å². The summed E-state index contributed by atoms with van der Waals surface area (Å²) in [4.78, 5) is 14.4. The first-order valence-electron chi connectivity index (χ1n) is 9.01. The Labute approximate surface area is 171 Å². The van der Waals surface area contributed by atoms with Gasteiger partial charge < -0.3 is 19.5 Å². The van der Waals surface area contributed by atoms with E-state index < -0.39 is 0 Å². The lowest BCUT2D eigenvalue weighted by molar-refractivity contribution is -0.125. The second kappa shape index (κ2) is 10.8. The minimum absolute atomic E-state index is 0.0521. The molecule has 1 unspecified atom stereocenters. The monoisotopic (exact) mass is 406 g/mol. The number of hydrogen-bond acceptors (Lipinski definition) is 5. The maximum atomic E-state index is 12.4. The summed E-state index contributed by atoms with van der Waals surface area (Å²) < 4.78 is 16.2. The Morgan fingerprint density at radius 3 is 2.43 bits per heavy atom. The normalized spacial score (nSPS) is 11.8. The maximum Gasteiger partial charge on any atom is 0.237 e. The molecule has 0 saturated heterocycles. The second-order valence-electron chi connectivity index (χ2n) is 6.37. The average Bonchev–Trinajstić information content (AvgIpc) is 2.72. The van der Waals surface area contributed by atoms with Crippen LogP contribution >= 0.6 is 11.6 Å². The zero-order chi connectivity index (χ0) is 20.5. The average molecular weight is 407 g/mol. The third kappa shape index (κ3) is 6.32. The molecule has 0 radical (unpaired) electrons. The summed E-state index contributed by atoms with van der Waals surface area (Å²) in [5.41, 5.74) is 0.937. The summed E-state index contributed by atoms with van der Waals surface area (Å²) in [5.74, 6) is 2.00. The highest BCUT2D eigenvalue weighted by atomic mass is 35.5. The van der Waals surface area contributed by atoms with E-state index >= 15 is 0 Å². The molecule has 0 saturated carbocycles. The smallest absolute Gasteiger partial charge is 0.237 e. The summed E-state index contributed by atoms with van der Waals surface area (Å²) >= 11 is 5.86. The van der Waals surface area contributed by atoms with Crippen LogP contribution in [0.4, 0.5) is 0 Å². The van der Waals surface area contributed by atoms with E-state index in [1.54, 1.807) is 26.4 Å². The predicted octanol–water partition coefficient (Wildman–Crippen LogP) is 3.37. The second-order valence-corrected chi connectivity index (χ2v) is 6.80. The Morgan fingerprint density at radius 2 is 1.79 bits per heavy atom. The fourth-order valence-electron chi connectivity index (χ4n) is 2.56. The highest BCUT2D eigenvalue weighted by Gasteiger charge is 2.17. The molecule has 1 N–H and O–H groups in total. The fourth-order valence-corrected chi connectivity index (χ4v) is 2.69. The lowest BCUT2D eigenvalue weighted by Crippen LogP contribution is -2.44. The Morgan fingerprint density at radius 1 is 1.11 bits per heavy atom. The van der Waals surface area contributed by atoms with Crippen LogP contribution in [0.25, 0.3) is 0 Å². The first kappa shape index (κ1) is 21.9. The van der Waals surface area contributed by atoms with Crippen LogP contribution in [0.3, 0.4) is 0 Å². The van der Waals surface area contributed by atoms with E-state index in [9.17, 15) is 4.79 Å². The molecule has 0 fully saturated rings. The van der Waals surface area contributed by atoms with Gasteiger partial charge in [0.05, 0.1) is 20.3 Å². The molecule has 2 rings (SSSR count). The molecule has 7 heteroatoms. The molecule has 0 spiro atoms. The van der Waals surface area contributed by atoms with Gasteiger partial charge in [-0.1, -0.05) is 17.7 Å². The van der Waals surface area contributed by atoms with Gasteiger partial charge in [-0.05, 0) is 55.9 Å². The molecule has 0 aliphatic rings. The molecule has 0 bridgehead atoms. The molecule has 1 amide bonds. The number of amides is 1. The molecular formula is C21H27ClN2O4. The zero-order valence-corrected chi connectivity index (χ0v) is 17.5. The molecule has 28 heavy (non-hydrogen) atoms. The van der Waals surface area contributed by atoms with Gasteiger partial charge in [0, 0.05) is 18.1 Å². The number of benzene rings is 2. The van der Waals surface area contributed by atoms with E-state index in [1.165, 1.54) is 0 Å². The van der Waals surface area contributed by atoms with Crippen molar-refractivity contribution in [3.63, 3.8) is 0 Å². The third-order valence-electron chi connectivity index (χ3n) is 4.48. The number of nitrogens with zero attached hydrogens (tertiary/aromatic N) is 1. The van der Waals surface area contributed by atoms with Crippen molar-refractivity contribution in [3.8, 4) is 17.2 Å². The number of nitrogens with one attached hydrogen (secondary N) is 1. The topological polar surface area (TPSA) is 60.0 Å². The van der Waals surface area contributed by atoms with E-state index in [1.807, 2.05) is 49.2 Å². The van der Waals surface area contributed by atoms with Crippen molar-refractivity contribution >= 4 is 17.5 Å². The van der Waals surface area contributed by atoms with Crippen LogP contribution in [0.15, 0.2) is 42.5 Å². The van der Waals surface area contributed by atoms with E-state index in [4.69, 9.17) is 25.8 Å². The Kier molecular flexibility index (Phi) is 8.42. The summed E-state index contributed by atoms with van der Waals surface area (Å²) in [6.45, 7) is 3.38. The number of carbonyl (C=O) groups excluding carboxylic acids is 1. The third-order valence-corrected chi connectivity index (χ3v) is 4.73. The number of likely N-dealkylation sites (N-methyl/N-ethyl adjacent to an activating group) is 1. The number of carbonyl (C=O) groups is 1. The lowest BCUT2D eigenvalue weighted by atomic mass is 10.2. The minimum Gasteiger partial charge on any atom is -0.493 e. The maximum absolute atomic E-state index is 12.4. The Balaban J connectivity index is 1.78. The molecule has 0 aliphatic carbocycles. The summed E-state index contributed by atoms with van der Waals surface area (Å²) in [5, 5.41) is 3.62. The fraction of sp³-hybridized carbons (Fsp3) is 0.381. The van der Waals surface area contributed by atoms with E-state index in [0.29, 0.717) is 36.2 Å². The molecular weight excluding hydrogens is 380 g/mol. The van der Waals surface area contributed by atoms with Gasteiger partial charge in [-0.2, -0.15) is 0 Å². The van der Waals surface area contributed by atoms with Gasteiger partial charge in [0.25, 0.3) is 0 Å². The molecule has 0 aliphatic heterocycles. The molecule has 2 aromatic carbocycles. The molecule has 152 valence electrons. The van der Waals surface area contributed by atoms with Crippen molar-refractivity contribution in [2.75, 3.05) is 34.4 Å². The van der Waals surface area contributed by atoms with Crippen LogP contribution in [0, 0.1) is 0 Å². The van der Waals surface area contributed by atoms with Crippen molar-refractivity contribution in [2.24, 2.45) is 0 Å². The van der Waals surface area contributed by atoms with Gasteiger partial charge in [0.15, 0.2) is 11.5 Å². The molecule has 1 atom stereocenters. The highest BCUT2D eigenvalue weighted by molar-refractivity contribution is 6.30. The molecule has 0 heterocycles. The standard InChI is InChI=1S/C21H27ClN2O4/c1-15(24(2)11-12-28-18-8-6-17(22)7-9-18)21(25)23-14-16-5-10-19(26-3)20(13-16)27-4/h5-10,13,15H,11-12,14H2,1-4H3,(H,23,25). The van der Waals surface area contributed by atoms with Gasteiger partial charge in [0.2, 0.25) is 5.91 Å². The van der Waals surface area contributed by atoms with Crippen LogP contribution in [0.2, 0.25) is 5.02 Å². The van der Waals surface area contributed by atoms with Gasteiger partial charge in [-0.3, -0.25) is 9.69 Å². The lowest BCUT2D eigenvalue weighted by Gasteiger charge is -2.24.